The van der Waals surface area contributed by atoms with Crippen molar-refractivity contribution in [2.24, 2.45) is 17.8 Å². The Balaban J connectivity index is 1.90. The van der Waals surface area contributed by atoms with Gasteiger partial charge in [-0.05, 0) is 43.9 Å². The summed E-state index contributed by atoms with van der Waals surface area (Å²) in [6.45, 7) is 9.15. The maximum Gasteiger partial charge on any atom is 0.281 e. The lowest BCUT2D eigenvalue weighted by Gasteiger charge is -2.37. The highest BCUT2D eigenvalue weighted by atomic mass is 32.2. The number of nitrogens with one attached hydrogen (secondary N) is 1. The summed E-state index contributed by atoms with van der Waals surface area (Å²) in [5, 5.41) is 2.97. The van der Waals surface area contributed by atoms with Crippen LogP contribution in [-0.2, 0) is 15.0 Å². The molecule has 6 nitrogen and oxygen atoms in total. The zero-order valence-corrected chi connectivity index (χ0v) is 16.1. The van der Waals surface area contributed by atoms with E-state index in [1.807, 2.05) is 0 Å². The summed E-state index contributed by atoms with van der Waals surface area (Å²) >= 11 is 0. The van der Waals surface area contributed by atoms with E-state index in [2.05, 4.69) is 26.1 Å². The van der Waals surface area contributed by atoms with Gasteiger partial charge < -0.3 is 5.32 Å². The summed E-state index contributed by atoms with van der Waals surface area (Å²) in [6.07, 6.45) is 4.33. The van der Waals surface area contributed by atoms with Crippen LogP contribution in [0.3, 0.4) is 0 Å². The summed E-state index contributed by atoms with van der Waals surface area (Å²) < 4.78 is 28.8. The molecule has 2 rings (SSSR count). The van der Waals surface area contributed by atoms with Crippen LogP contribution in [0.1, 0.15) is 52.9 Å². The molecule has 0 spiro atoms. The predicted octanol–water partition coefficient (Wildman–Crippen LogP) is 1.84. The smallest absolute Gasteiger partial charge is 0.281 e. The van der Waals surface area contributed by atoms with Gasteiger partial charge >= 0.3 is 0 Å². The van der Waals surface area contributed by atoms with Crippen LogP contribution in [0.5, 0.6) is 0 Å². The van der Waals surface area contributed by atoms with E-state index in [0.717, 1.165) is 32.1 Å². The van der Waals surface area contributed by atoms with Crippen LogP contribution >= 0.6 is 0 Å². The third kappa shape index (κ3) is 5.17. The Morgan fingerprint density at radius 1 is 1.12 bits per heavy atom. The Morgan fingerprint density at radius 3 is 2.42 bits per heavy atom. The van der Waals surface area contributed by atoms with E-state index in [-0.39, 0.29) is 11.8 Å². The van der Waals surface area contributed by atoms with Crippen molar-refractivity contribution in [3.05, 3.63) is 0 Å². The van der Waals surface area contributed by atoms with Gasteiger partial charge in [-0.15, -0.1) is 0 Å². The van der Waals surface area contributed by atoms with E-state index in [1.165, 1.54) is 4.31 Å². The van der Waals surface area contributed by atoms with Crippen molar-refractivity contribution >= 4 is 16.1 Å². The molecule has 0 aliphatic carbocycles. The molecule has 1 N–H and O–H groups in total. The van der Waals surface area contributed by atoms with Crippen molar-refractivity contribution in [1.29, 1.82) is 0 Å². The van der Waals surface area contributed by atoms with Crippen LogP contribution in [0.25, 0.3) is 0 Å². The molecule has 7 heteroatoms. The number of rotatable bonds is 6. The highest BCUT2D eigenvalue weighted by Crippen LogP contribution is 2.25. The first-order valence-electron chi connectivity index (χ1n) is 9.33. The van der Waals surface area contributed by atoms with Crippen molar-refractivity contribution in [2.45, 2.75) is 52.9 Å². The van der Waals surface area contributed by atoms with Crippen LogP contribution in [0.4, 0.5) is 0 Å². The topological polar surface area (TPSA) is 69.7 Å². The van der Waals surface area contributed by atoms with Crippen LogP contribution in [0.15, 0.2) is 0 Å². The molecule has 1 unspecified atom stereocenters. The molecule has 0 aromatic heterocycles. The van der Waals surface area contributed by atoms with Gasteiger partial charge in [0.2, 0.25) is 5.91 Å². The summed E-state index contributed by atoms with van der Waals surface area (Å²) in [6, 6.07) is 0. The largest absolute Gasteiger partial charge is 0.356 e. The van der Waals surface area contributed by atoms with E-state index < -0.39 is 10.2 Å². The number of amides is 1. The molecule has 0 saturated carbocycles. The van der Waals surface area contributed by atoms with Gasteiger partial charge in [0, 0.05) is 32.7 Å². The van der Waals surface area contributed by atoms with Crippen molar-refractivity contribution < 1.29 is 13.2 Å². The molecule has 2 aliphatic heterocycles. The first-order chi connectivity index (χ1) is 11.3. The highest BCUT2D eigenvalue weighted by Gasteiger charge is 2.36. The molecule has 0 bridgehead atoms. The number of hydrogen-bond donors (Lipinski definition) is 1. The molecule has 1 atom stereocenters. The number of nitrogens with zero attached hydrogens (tertiary/aromatic N) is 2. The molecule has 0 aromatic carbocycles. The van der Waals surface area contributed by atoms with Crippen LogP contribution < -0.4 is 5.32 Å². The number of hydrogen-bond acceptors (Lipinski definition) is 3. The number of carbonyl (C=O) groups is 1. The lowest BCUT2D eigenvalue weighted by atomic mass is 9.98. The van der Waals surface area contributed by atoms with Gasteiger partial charge in [-0.1, -0.05) is 20.8 Å². The van der Waals surface area contributed by atoms with Gasteiger partial charge in [0.05, 0.1) is 5.92 Å². The molecular formula is C17H33N3O3S. The number of piperidine rings is 2. The van der Waals surface area contributed by atoms with Gasteiger partial charge in [0.15, 0.2) is 0 Å². The van der Waals surface area contributed by atoms with Crippen molar-refractivity contribution in [2.75, 3.05) is 32.7 Å². The quantitative estimate of drug-likeness (QED) is 0.787. The second kappa shape index (κ2) is 8.63. The Hall–Kier alpha value is -0.660. The van der Waals surface area contributed by atoms with Gasteiger partial charge in [-0.3, -0.25) is 4.79 Å². The van der Waals surface area contributed by atoms with Crippen LogP contribution in [0, 0.1) is 17.8 Å². The average molecular weight is 360 g/mol. The maximum absolute atomic E-state index is 12.8. The standard InChI is InChI=1S/C17H33N3O3S/c1-14(2)6-9-18-17(21)16-5-4-10-20(13-16)24(22,23)19-11-7-15(3)8-12-19/h14-16H,4-13H2,1-3H3,(H,18,21). The SMILES string of the molecule is CC(C)CCNC(=O)C1CCCN(S(=O)(=O)N2CCC(C)CC2)C1. The fourth-order valence-electron chi connectivity index (χ4n) is 3.37. The Kier molecular flexibility index (Phi) is 7.07. The molecule has 2 fully saturated rings. The molecular weight excluding hydrogens is 326 g/mol. The molecule has 2 saturated heterocycles. The first kappa shape index (κ1) is 19.7. The van der Waals surface area contributed by atoms with Crippen molar-refractivity contribution in [3.63, 3.8) is 0 Å². The molecule has 0 radical (unpaired) electrons. The monoisotopic (exact) mass is 359 g/mol. The van der Waals surface area contributed by atoms with Gasteiger partial charge in [0.1, 0.15) is 0 Å². The zero-order chi connectivity index (χ0) is 17.7. The fourth-order valence-corrected chi connectivity index (χ4v) is 5.10. The first-order valence-corrected chi connectivity index (χ1v) is 10.7. The molecule has 0 aromatic rings. The predicted molar refractivity (Wildman–Crippen MR) is 95.7 cm³/mol. The molecule has 2 aliphatic rings. The van der Waals surface area contributed by atoms with Gasteiger partial charge in [-0.25, -0.2) is 0 Å². The number of carbonyl (C=O) groups excluding carboxylic acids is 1. The summed E-state index contributed by atoms with van der Waals surface area (Å²) in [7, 11) is -3.42. The summed E-state index contributed by atoms with van der Waals surface area (Å²) in [4.78, 5) is 12.3. The molecule has 24 heavy (non-hydrogen) atoms. The van der Waals surface area contributed by atoms with E-state index in [9.17, 15) is 13.2 Å². The lowest BCUT2D eigenvalue weighted by Crippen LogP contribution is -2.52. The minimum atomic E-state index is -3.42. The molecule has 140 valence electrons. The van der Waals surface area contributed by atoms with Crippen LogP contribution in [-0.4, -0.2) is 55.7 Å². The Bertz CT molecular complexity index is 513. The van der Waals surface area contributed by atoms with Gasteiger partial charge in [-0.2, -0.15) is 17.0 Å². The summed E-state index contributed by atoms with van der Waals surface area (Å²) in [5.41, 5.74) is 0. The second-order valence-electron chi connectivity index (χ2n) is 7.76. The van der Waals surface area contributed by atoms with E-state index in [4.69, 9.17) is 0 Å². The third-order valence-electron chi connectivity index (χ3n) is 5.17. The average Bonchev–Trinajstić information content (AvgIpc) is 2.55. The minimum absolute atomic E-state index is 0.00261. The van der Waals surface area contributed by atoms with Crippen LogP contribution in [0.2, 0.25) is 0 Å². The molecule has 1 amide bonds. The lowest BCUT2D eigenvalue weighted by molar-refractivity contribution is -0.126. The second-order valence-corrected chi connectivity index (χ2v) is 9.69. The van der Waals surface area contributed by atoms with E-state index >= 15 is 0 Å². The van der Waals surface area contributed by atoms with Gasteiger partial charge in [0.25, 0.3) is 10.2 Å². The normalized spacial score (nSPS) is 25.1. The van der Waals surface area contributed by atoms with Crippen molar-refractivity contribution in [1.82, 2.24) is 13.9 Å². The van der Waals surface area contributed by atoms with E-state index in [1.54, 1.807) is 4.31 Å². The highest BCUT2D eigenvalue weighted by molar-refractivity contribution is 7.86. The summed E-state index contributed by atoms with van der Waals surface area (Å²) in [5.74, 6) is 0.930. The van der Waals surface area contributed by atoms with Crippen molar-refractivity contribution in [3.8, 4) is 0 Å². The maximum atomic E-state index is 12.8. The fraction of sp³-hybridized carbons (Fsp3) is 0.941. The van der Waals surface area contributed by atoms with E-state index in [0.29, 0.717) is 44.6 Å². The zero-order valence-electron chi connectivity index (χ0n) is 15.3. The third-order valence-corrected chi connectivity index (χ3v) is 7.17. The molecule has 2 heterocycles. The Labute approximate surface area is 147 Å². The Morgan fingerprint density at radius 2 is 1.79 bits per heavy atom. The minimum Gasteiger partial charge on any atom is -0.356 e.